The van der Waals surface area contributed by atoms with Gasteiger partial charge in [-0.15, -0.1) is 5.10 Å². The summed E-state index contributed by atoms with van der Waals surface area (Å²) in [6.45, 7) is 5.41. The fourth-order valence-corrected chi connectivity index (χ4v) is 5.27. The van der Waals surface area contributed by atoms with Gasteiger partial charge in [0.1, 0.15) is 5.82 Å². The highest BCUT2D eigenvalue weighted by Gasteiger charge is 2.41. The average Bonchev–Trinajstić information content (AvgIpc) is 3.54. The van der Waals surface area contributed by atoms with E-state index in [-0.39, 0.29) is 23.6 Å². The highest BCUT2D eigenvalue weighted by atomic mass is 32.1. The molecule has 218 valence electrons. The van der Waals surface area contributed by atoms with E-state index in [1.54, 1.807) is 0 Å². The molecular weight excluding hydrogens is 549 g/mol. The topological polar surface area (TPSA) is 185 Å². The van der Waals surface area contributed by atoms with Gasteiger partial charge in [0.15, 0.2) is 5.60 Å². The average molecular weight is 582 g/mol. The van der Waals surface area contributed by atoms with Gasteiger partial charge in [-0.25, -0.2) is 9.18 Å². The number of carboxylic acids is 3. The second-order valence-corrected chi connectivity index (χ2v) is 10.6. The fourth-order valence-electron chi connectivity index (χ4n) is 4.76. The molecule has 1 amide bonds. The lowest BCUT2D eigenvalue weighted by molar-refractivity contribution is -0.170. The Labute approximate surface area is 233 Å². The molecule has 40 heavy (non-hydrogen) atoms. The third kappa shape index (κ3) is 8.48. The van der Waals surface area contributed by atoms with Crippen molar-refractivity contribution in [1.82, 2.24) is 24.3 Å². The number of rotatable bonds is 9. The number of carboxylic acid groups (broad SMARTS) is 3. The van der Waals surface area contributed by atoms with Crippen LogP contribution >= 0.6 is 11.5 Å². The SMILES string of the molecule is CN1CCN(C(=O)CN2C[C@H](c3ccc(F)cc3)[C@@H](c3csnn3)C2)CC1.O=C(O)CC(O)(CC(=O)O)C(=O)O. The molecule has 2 saturated heterocycles. The van der Waals surface area contributed by atoms with Crippen LogP contribution in [0.15, 0.2) is 29.6 Å². The minimum atomic E-state index is -2.74. The Morgan fingerprint density at radius 1 is 0.975 bits per heavy atom. The van der Waals surface area contributed by atoms with Crippen molar-refractivity contribution in [3.05, 3.63) is 46.7 Å². The van der Waals surface area contributed by atoms with Crippen LogP contribution in [0.25, 0.3) is 0 Å². The maximum Gasteiger partial charge on any atom is 0.336 e. The number of hydrogen-bond acceptors (Lipinski definition) is 10. The molecular formula is C25H32FN5O8S. The van der Waals surface area contributed by atoms with Crippen LogP contribution in [0.3, 0.4) is 0 Å². The number of piperazine rings is 1. The Kier molecular flexibility index (Phi) is 10.6. The summed E-state index contributed by atoms with van der Waals surface area (Å²) in [6.07, 6.45) is -2.29. The van der Waals surface area contributed by atoms with E-state index in [1.807, 2.05) is 22.4 Å². The van der Waals surface area contributed by atoms with Gasteiger partial charge >= 0.3 is 17.9 Å². The van der Waals surface area contributed by atoms with E-state index in [4.69, 9.17) is 20.4 Å². The van der Waals surface area contributed by atoms with Crippen molar-refractivity contribution in [2.45, 2.75) is 30.3 Å². The maximum absolute atomic E-state index is 13.3. The molecule has 2 aromatic rings. The first-order chi connectivity index (χ1) is 18.9. The Hall–Kier alpha value is -3.53. The van der Waals surface area contributed by atoms with Gasteiger partial charge in [0.05, 0.1) is 25.1 Å². The number of benzene rings is 1. The highest BCUT2D eigenvalue weighted by Crippen LogP contribution is 2.39. The second-order valence-electron chi connectivity index (χ2n) is 9.95. The third-order valence-electron chi connectivity index (χ3n) is 6.95. The second kappa shape index (κ2) is 13.7. The van der Waals surface area contributed by atoms with Crippen LogP contribution in [0.4, 0.5) is 4.39 Å². The normalized spacial score (nSPS) is 20.0. The van der Waals surface area contributed by atoms with Gasteiger partial charge < -0.3 is 30.2 Å². The van der Waals surface area contributed by atoms with Crippen LogP contribution in [0, 0.1) is 5.82 Å². The van der Waals surface area contributed by atoms with Crippen LogP contribution in [-0.4, -0.2) is 127 Å². The van der Waals surface area contributed by atoms with Crippen LogP contribution < -0.4 is 0 Å². The zero-order valence-electron chi connectivity index (χ0n) is 21.8. The maximum atomic E-state index is 13.3. The Bertz CT molecular complexity index is 1160. The van der Waals surface area contributed by atoms with E-state index in [2.05, 4.69) is 26.4 Å². The van der Waals surface area contributed by atoms with Crippen molar-refractivity contribution < 1.29 is 44.0 Å². The van der Waals surface area contributed by atoms with Crippen molar-refractivity contribution in [1.29, 1.82) is 0 Å². The van der Waals surface area contributed by atoms with Crippen LogP contribution in [0.5, 0.6) is 0 Å². The van der Waals surface area contributed by atoms with E-state index >= 15 is 0 Å². The zero-order valence-corrected chi connectivity index (χ0v) is 22.7. The summed E-state index contributed by atoms with van der Waals surface area (Å²) in [6, 6.07) is 6.70. The van der Waals surface area contributed by atoms with Gasteiger partial charge in [-0.3, -0.25) is 19.3 Å². The number of likely N-dealkylation sites (N-methyl/N-ethyl adjacent to an activating group) is 1. The highest BCUT2D eigenvalue weighted by molar-refractivity contribution is 7.03. The Morgan fingerprint density at radius 2 is 1.55 bits per heavy atom. The number of hydrogen-bond donors (Lipinski definition) is 4. The summed E-state index contributed by atoms with van der Waals surface area (Å²) >= 11 is 1.34. The van der Waals surface area contributed by atoms with E-state index in [0.29, 0.717) is 6.54 Å². The molecule has 2 aliphatic rings. The summed E-state index contributed by atoms with van der Waals surface area (Å²) in [5.41, 5.74) is -0.690. The van der Waals surface area contributed by atoms with Gasteiger partial charge in [0, 0.05) is 56.5 Å². The van der Waals surface area contributed by atoms with E-state index in [9.17, 15) is 23.6 Å². The molecule has 15 heteroatoms. The molecule has 2 aliphatic heterocycles. The molecule has 0 bridgehead atoms. The molecule has 1 aromatic heterocycles. The molecule has 2 atom stereocenters. The fraction of sp³-hybridized carbons (Fsp3) is 0.520. The molecule has 4 N–H and O–H groups in total. The minimum absolute atomic E-state index is 0.175. The van der Waals surface area contributed by atoms with E-state index in [0.717, 1.165) is 50.5 Å². The van der Waals surface area contributed by atoms with Crippen molar-refractivity contribution in [3.63, 3.8) is 0 Å². The molecule has 0 aliphatic carbocycles. The van der Waals surface area contributed by atoms with Crippen molar-refractivity contribution >= 4 is 35.3 Å². The van der Waals surface area contributed by atoms with E-state index in [1.165, 1.54) is 23.7 Å². The number of aliphatic hydroxyl groups is 1. The van der Waals surface area contributed by atoms with Crippen LogP contribution in [-0.2, 0) is 19.2 Å². The molecule has 0 saturated carbocycles. The lowest BCUT2D eigenvalue weighted by Crippen LogP contribution is -2.49. The summed E-state index contributed by atoms with van der Waals surface area (Å²) in [5, 5.41) is 40.1. The molecule has 0 unspecified atom stereocenters. The van der Waals surface area contributed by atoms with E-state index < -0.39 is 36.4 Å². The number of carbonyl (C=O) groups excluding carboxylic acids is 1. The molecule has 3 heterocycles. The van der Waals surface area contributed by atoms with Crippen LogP contribution in [0.2, 0.25) is 0 Å². The predicted molar refractivity (Wildman–Crippen MR) is 139 cm³/mol. The number of halogens is 1. The first-order valence-electron chi connectivity index (χ1n) is 12.5. The van der Waals surface area contributed by atoms with Gasteiger partial charge in [-0.2, -0.15) is 0 Å². The number of amides is 1. The molecule has 2 fully saturated rings. The number of aliphatic carboxylic acids is 3. The first kappa shape index (κ1) is 31.0. The van der Waals surface area contributed by atoms with Gasteiger partial charge in [0.2, 0.25) is 5.91 Å². The summed E-state index contributed by atoms with van der Waals surface area (Å²) in [7, 11) is 2.09. The number of aromatic nitrogens is 2. The molecule has 0 spiro atoms. The van der Waals surface area contributed by atoms with Crippen molar-refractivity contribution in [3.8, 4) is 0 Å². The molecule has 1 aromatic carbocycles. The summed E-state index contributed by atoms with van der Waals surface area (Å²) < 4.78 is 17.4. The van der Waals surface area contributed by atoms with Crippen molar-refractivity contribution in [2.24, 2.45) is 0 Å². The van der Waals surface area contributed by atoms with Gasteiger partial charge in [0.25, 0.3) is 0 Å². The number of nitrogens with zero attached hydrogens (tertiary/aromatic N) is 5. The Balaban J connectivity index is 0.000000289. The third-order valence-corrected chi connectivity index (χ3v) is 7.47. The summed E-state index contributed by atoms with van der Waals surface area (Å²) in [4.78, 5) is 49.6. The van der Waals surface area contributed by atoms with Crippen molar-refractivity contribution in [2.75, 3.05) is 52.9 Å². The number of carbonyl (C=O) groups is 4. The number of likely N-dealkylation sites (tertiary alicyclic amines) is 1. The predicted octanol–water partition coefficient (Wildman–Crippen LogP) is 0.386. The smallest absolute Gasteiger partial charge is 0.336 e. The zero-order chi connectivity index (χ0) is 29.4. The Morgan fingerprint density at radius 3 is 2.05 bits per heavy atom. The monoisotopic (exact) mass is 581 g/mol. The minimum Gasteiger partial charge on any atom is -0.481 e. The largest absolute Gasteiger partial charge is 0.481 e. The molecule has 4 rings (SSSR count). The summed E-state index contributed by atoms with van der Waals surface area (Å²) in [5.74, 6) is -4.69. The standard InChI is InChI=1S/C19H24FN5OS.C6H8O7/c1-23-6-8-25(9-7-23)19(26)12-24-10-16(14-2-4-15(20)5-3-14)17(11-24)18-13-27-22-21-18;7-3(8)1-6(13,5(11)12)2-4(9)10/h2-5,13,16-17H,6-12H2,1H3;13H,1-2H2,(H,7,8)(H,9,10)(H,11,12)/t16-,17+;/m1./s1. The molecule has 0 radical (unpaired) electrons. The quantitative estimate of drug-likeness (QED) is 0.320. The molecule has 13 nitrogen and oxygen atoms in total. The van der Waals surface area contributed by atoms with Gasteiger partial charge in [-0.1, -0.05) is 16.6 Å². The van der Waals surface area contributed by atoms with Crippen LogP contribution in [0.1, 0.15) is 35.9 Å². The first-order valence-corrected chi connectivity index (χ1v) is 13.3. The van der Waals surface area contributed by atoms with Gasteiger partial charge in [-0.05, 0) is 36.3 Å². The lowest BCUT2D eigenvalue weighted by Gasteiger charge is -2.33. The lowest BCUT2D eigenvalue weighted by atomic mass is 9.87.